The summed E-state index contributed by atoms with van der Waals surface area (Å²) < 4.78 is 5.59. The summed E-state index contributed by atoms with van der Waals surface area (Å²) in [5.41, 5.74) is -0.166. The quantitative estimate of drug-likeness (QED) is 0.755. The zero-order chi connectivity index (χ0) is 12.7. The third-order valence-electron chi connectivity index (χ3n) is 4.35. The van der Waals surface area contributed by atoms with Crippen LogP contribution in [0.3, 0.4) is 0 Å². The molecule has 5 heterocycles. The Hall–Kier alpha value is -1.69. The predicted molar refractivity (Wildman–Crippen MR) is 67.7 cm³/mol. The third-order valence-corrected chi connectivity index (χ3v) is 4.35. The highest BCUT2D eigenvalue weighted by Crippen LogP contribution is 2.43. The van der Waals surface area contributed by atoms with Crippen molar-refractivity contribution in [3.63, 3.8) is 0 Å². The highest BCUT2D eigenvalue weighted by Gasteiger charge is 2.53. The van der Waals surface area contributed by atoms with Crippen molar-refractivity contribution in [2.45, 2.75) is 24.9 Å². The summed E-state index contributed by atoms with van der Waals surface area (Å²) in [5.74, 6) is 1.19. The smallest absolute Gasteiger partial charge is 0.323 e. The molecule has 4 aliphatic rings. The number of ether oxygens (including phenoxy) is 1. The van der Waals surface area contributed by atoms with Crippen LogP contribution in [0.15, 0.2) is 23.6 Å². The molecule has 4 aliphatic heterocycles. The van der Waals surface area contributed by atoms with E-state index in [-0.39, 0.29) is 5.60 Å². The Morgan fingerprint density at radius 2 is 2.05 bits per heavy atom. The summed E-state index contributed by atoms with van der Waals surface area (Å²) in [6.45, 7) is 3.34. The van der Waals surface area contributed by atoms with Crippen molar-refractivity contribution >= 4 is 5.90 Å². The summed E-state index contributed by atoms with van der Waals surface area (Å²) in [4.78, 5) is 16.3. The van der Waals surface area contributed by atoms with Crippen LogP contribution in [0.25, 0.3) is 0 Å². The molecule has 19 heavy (non-hydrogen) atoms. The molecule has 0 aliphatic carbocycles. The molecule has 0 amide bonds. The van der Waals surface area contributed by atoms with Gasteiger partial charge in [-0.25, -0.2) is 9.97 Å². The highest BCUT2D eigenvalue weighted by atomic mass is 16.7. The summed E-state index contributed by atoms with van der Waals surface area (Å²) in [5, 5.41) is 4.11. The van der Waals surface area contributed by atoms with Gasteiger partial charge < -0.3 is 9.57 Å². The first kappa shape index (κ1) is 11.2. The minimum Gasteiger partial charge on any atom is -0.406 e. The van der Waals surface area contributed by atoms with E-state index in [1.54, 1.807) is 18.5 Å². The van der Waals surface area contributed by atoms with Crippen molar-refractivity contribution in [1.29, 1.82) is 0 Å². The standard InChI is InChI=1S/C13H16N4O2/c1-4-14-12(15-5-1)18-11-8-13(19-16-11)9-17-6-2-10(13)3-7-17/h1,4-5,10H,2-3,6-9H2. The van der Waals surface area contributed by atoms with Gasteiger partial charge in [0, 0.05) is 24.9 Å². The van der Waals surface area contributed by atoms with Gasteiger partial charge >= 0.3 is 6.01 Å². The first-order valence-electron chi connectivity index (χ1n) is 6.76. The van der Waals surface area contributed by atoms with Crippen LogP contribution in [0.4, 0.5) is 0 Å². The molecular weight excluding hydrogens is 244 g/mol. The van der Waals surface area contributed by atoms with E-state index in [0.29, 0.717) is 17.8 Å². The van der Waals surface area contributed by atoms with E-state index in [9.17, 15) is 0 Å². The van der Waals surface area contributed by atoms with Crippen LogP contribution in [-0.2, 0) is 4.84 Å². The fourth-order valence-electron chi connectivity index (χ4n) is 3.39. The third kappa shape index (κ3) is 1.87. The van der Waals surface area contributed by atoms with E-state index in [1.165, 1.54) is 25.9 Å². The van der Waals surface area contributed by atoms with Gasteiger partial charge in [0.1, 0.15) is 0 Å². The molecule has 0 N–H and O–H groups in total. The Labute approximate surface area is 111 Å². The van der Waals surface area contributed by atoms with E-state index in [1.807, 2.05) is 0 Å². The van der Waals surface area contributed by atoms with Crippen LogP contribution < -0.4 is 4.74 Å². The van der Waals surface area contributed by atoms with E-state index in [0.717, 1.165) is 13.0 Å². The topological polar surface area (TPSA) is 59.8 Å². The molecule has 5 rings (SSSR count). The average molecular weight is 260 g/mol. The van der Waals surface area contributed by atoms with Crippen molar-refractivity contribution < 1.29 is 9.57 Å². The first-order chi connectivity index (χ1) is 9.34. The Morgan fingerprint density at radius 1 is 1.26 bits per heavy atom. The second-order valence-corrected chi connectivity index (χ2v) is 5.50. The van der Waals surface area contributed by atoms with Gasteiger partial charge in [-0.2, -0.15) is 0 Å². The Kier molecular flexibility index (Phi) is 2.44. The second-order valence-electron chi connectivity index (χ2n) is 5.50. The molecule has 6 heteroatoms. The zero-order valence-corrected chi connectivity index (χ0v) is 10.7. The van der Waals surface area contributed by atoms with Crippen LogP contribution in [0.5, 0.6) is 6.01 Å². The Balaban J connectivity index is 1.48. The molecule has 1 unspecified atom stereocenters. The molecule has 1 atom stereocenters. The molecule has 2 bridgehead atoms. The lowest BCUT2D eigenvalue weighted by Gasteiger charge is -2.49. The molecule has 0 saturated carbocycles. The molecule has 100 valence electrons. The predicted octanol–water partition coefficient (Wildman–Crippen LogP) is 1.05. The lowest BCUT2D eigenvalue weighted by molar-refractivity contribution is -0.136. The minimum absolute atomic E-state index is 0.166. The van der Waals surface area contributed by atoms with Gasteiger partial charge in [-0.3, -0.25) is 4.90 Å². The average Bonchev–Trinajstić information content (AvgIpc) is 2.84. The van der Waals surface area contributed by atoms with Crippen LogP contribution in [-0.4, -0.2) is 46.0 Å². The number of hydrogen-bond donors (Lipinski definition) is 0. The van der Waals surface area contributed by atoms with Crippen LogP contribution in [0.2, 0.25) is 0 Å². The van der Waals surface area contributed by atoms with Gasteiger partial charge in [0.15, 0.2) is 5.60 Å². The number of aromatic nitrogens is 2. The van der Waals surface area contributed by atoms with Crippen molar-refractivity contribution in [3.05, 3.63) is 18.5 Å². The number of hydrogen-bond acceptors (Lipinski definition) is 6. The maximum absolute atomic E-state index is 5.77. The molecule has 0 radical (unpaired) electrons. The van der Waals surface area contributed by atoms with Crippen LogP contribution >= 0.6 is 0 Å². The lowest BCUT2D eigenvalue weighted by atomic mass is 9.74. The summed E-state index contributed by atoms with van der Waals surface area (Å²) in [6.07, 6.45) is 6.44. The fourth-order valence-corrected chi connectivity index (χ4v) is 3.39. The van der Waals surface area contributed by atoms with E-state index in [2.05, 4.69) is 20.0 Å². The van der Waals surface area contributed by atoms with Gasteiger partial charge in [-0.05, 0) is 32.0 Å². The maximum Gasteiger partial charge on any atom is 0.323 e. The van der Waals surface area contributed by atoms with Crippen molar-refractivity contribution in [1.82, 2.24) is 14.9 Å². The number of oxime groups is 1. The Morgan fingerprint density at radius 3 is 2.74 bits per heavy atom. The zero-order valence-electron chi connectivity index (χ0n) is 10.7. The molecule has 1 aromatic rings. The largest absolute Gasteiger partial charge is 0.406 e. The monoisotopic (exact) mass is 260 g/mol. The van der Waals surface area contributed by atoms with Crippen molar-refractivity contribution in [3.8, 4) is 6.01 Å². The second kappa shape index (κ2) is 4.16. The van der Waals surface area contributed by atoms with E-state index >= 15 is 0 Å². The summed E-state index contributed by atoms with van der Waals surface area (Å²) in [7, 11) is 0. The number of nitrogens with zero attached hydrogens (tertiary/aromatic N) is 4. The molecule has 0 aromatic carbocycles. The lowest BCUT2D eigenvalue weighted by Crippen LogP contribution is -2.59. The summed E-state index contributed by atoms with van der Waals surface area (Å²) >= 11 is 0. The molecule has 6 nitrogen and oxygen atoms in total. The first-order valence-corrected chi connectivity index (χ1v) is 6.76. The van der Waals surface area contributed by atoms with Gasteiger partial charge in [-0.1, -0.05) is 5.16 Å². The van der Waals surface area contributed by atoms with Crippen molar-refractivity contribution in [2.75, 3.05) is 19.6 Å². The fraction of sp³-hybridized carbons (Fsp3) is 0.615. The normalized spacial score (nSPS) is 36.1. The maximum atomic E-state index is 5.77. The van der Waals surface area contributed by atoms with E-state index < -0.39 is 0 Å². The number of piperidine rings is 3. The molecule has 3 saturated heterocycles. The number of rotatable bonds is 1. The SMILES string of the molecule is c1cnc(OC2=NOC3(C2)CN2CCC3CC2)nc1. The Bertz CT molecular complexity index is 499. The molecule has 1 aromatic heterocycles. The van der Waals surface area contributed by atoms with Gasteiger partial charge in [0.05, 0.1) is 6.42 Å². The van der Waals surface area contributed by atoms with Gasteiger partial charge in [-0.15, -0.1) is 0 Å². The van der Waals surface area contributed by atoms with Crippen LogP contribution in [0.1, 0.15) is 19.3 Å². The minimum atomic E-state index is -0.166. The summed E-state index contributed by atoms with van der Waals surface area (Å²) in [6, 6.07) is 2.09. The van der Waals surface area contributed by atoms with Gasteiger partial charge in [0.2, 0.25) is 5.90 Å². The molecule has 1 spiro atoms. The molecule has 3 fully saturated rings. The van der Waals surface area contributed by atoms with Crippen LogP contribution in [0, 0.1) is 5.92 Å². The number of fused-ring (bicyclic) bond motifs is 2. The molecular formula is C13H16N4O2. The van der Waals surface area contributed by atoms with E-state index in [4.69, 9.17) is 9.57 Å². The highest BCUT2D eigenvalue weighted by molar-refractivity contribution is 5.80. The van der Waals surface area contributed by atoms with Gasteiger partial charge in [0.25, 0.3) is 0 Å². The van der Waals surface area contributed by atoms with Crippen molar-refractivity contribution in [2.24, 2.45) is 11.1 Å².